The predicted molar refractivity (Wildman–Crippen MR) is 65.7 cm³/mol. The lowest BCUT2D eigenvalue weighted by atomic mass is 10.1. The van der Waals surface area contributed by atoms with E-state index in [-0.39, 0.29) is 11.9 Å². The fraction of sp³-hybridized carbons (Fsp3) is 0.417. The SMILES string of the molecule is FC(F)(F)c1cccc(OC2CCCNC2=S)c1. The van der Waals surface area contributed by atoms with Gasteiger partial charge in [-0.15, -0.1) is 0 Å². The molecule has 0 bridgehead atoms. The van der Waals surface area contributed by atoms with Crippen LogP contribution in [0.25, 0.3) is 0 Å². The van der Waals surface area contributed by atoms with Crippen LogP contribution in [0.3, 0.4) is 0 Å². The topological polar surface area (TPSA) is 21.3 Å². The average molecular weight is 275 g/mol. The van der Waals surface area contributed by atoms with Crippen molar-refractivity contribution in [2.24, 2.45) is 0 Å². The highest BCUT2D eigenvalue weighted by Crippen LogP contribution is 2.31. The van der Waals surface area contributed by atoms with Gasteiger partial charge in [0, 0.05) is 6.54 Å². The first-order valence-corrected chi connectivity index (χ1v) is 5.99. The summed E-state index contributed by atoms with van der Waals surface area (Å²) in [6.45, 7) is 0.793. The van der Waals surface area contributed by atoms with Gasteiger partial charge >= 0.3 is 6.18 Å². The molecule has 1 N–H and O–H groups in total. The van der Waals surface area contributed by atoms with Gasteiger partial charge in [-0.25, -0.2) is 0 Å². The summed E-state index contributed by atoms with van der Waals surface area (Å²) in [6, 6.07) is 4.85. The summed E-state index contributed by atoms with van der Waals surface area (Å²) in [5.41, 5.74) is -0.713. The van der Waals surface area contributed by atoms with Crippen LogP contribution in [-0.2, 0) is 6.18 Å². The van der Waals surface area contributed by atoms with E-state index in [0.29, 0.717) is 4.99 Å². The lowest BCUT2D eigenvalue weighted by Crippen LogP contribution is -2.42. The summed E-state index contributed by atoms with van der Waals surface area (Å²) in [7, 11) is 0. The number of hydrogen-bond acceptors (Lipinski definition) is 2. The molecular formula is C12H12F3NOS. The first kappa shape index (κ1) is 13.1. The maximum Gasteiger partial charge on any atom is 0.416 e. The van der Waals surface area contributed by atoms with Gasteiger partial charge in [-0.3, -0.25) is 0 Å². The average Bonchev–Trinajstić information content (AvgIpc) is 2.31. The summed E-state index contributed by atoms with van der Waals surface area (Å²) >= 11 is 5.07. The fourth-order valence-corrected chi connectivity index (χ4v) is 2.03. The fourth-order valence-electron chi connectivity index (χ4n) is 1.77. The Morgan fingerprint density at radius 3 is 2.78 bits per heavy atom. The molecule has 1 aromatic carbocycles. The Labute approximate surface area is 108 Å². The van der Waals surface area contributed by atoms with Gasteiger partial charge in [-0.1, -0.05) is 18.3 Å². The zero-order valence-corrected chi connectivity index (χ0v) is 10.3. The van der Waals surface area contributed by atoms with E-state index in [9.17, 15) is 13.2 Å². The van der Waals surface area contributed by atoms with E-state index in [0.717, 1.165) is 31.5 Å². The van der Waals surface area contributed by atoms with Gasteiger partial charge in [-0.05, 0) is 31.0 Å². The molecule has 1 unspecified atom stereocenters. The third kappa shape index (κ3) is 3.13. The van der Waals surface area contributed by atoms with Crippen molar-refractivity contribution in [1.29, 1.82) is 0 Å². The largest absolute Gasteiger partial charge is 0.483 e. The van der Waals surface area contributed by atoms with Crippen molar-refractivity contribution in [3.8, 4) is 5.75 Å². The van der Waals surface area contributed by atoms with Gasteiger partial charge in [0.05, 0.1) is 5.56 Å². The Hall–Kier alpha value is -1.30. The molecule has 1 aliphatic rings. The molecule has 98 valence electrons. The van der Waals surface area contributed by atoms with Crippen molar-refractivity contribution in [2.75, 3.05) is 6.54 Å². The van der Waals surface area contributed by atoms with Gasteiger partial charge in [0.15, 0.2) is 0 Å². The van der Waals surface area contributed by atoms with Crippen LogP contribution in [-0.4, -0.2) is 17.6 Å². The van der Waals surface area contributed by atoms with Crippen molar-refractivity contribution in [3.63, 3.8) is 0 Å². The molecular weight excluding hydrogens is 263 g/mol. The third-order valence-electron chi connectivity index (χ3n) is 2.67. The number of benzene rings is 1. The number of rotatable bonds is 2. The summed E-state index contributed by atoms with van der Waals surface area (Å²) in [6.07, 6.45) is -3.08. The Kier molecular flexibility index (Phi) is 3.75. The van der Waals surface area contributed by atoms with Crippen LogP contribution in [0, 0.1) is 0 Å². The lowest BCUT2D eigenvalue weighted by Gasteiger charge is -2.25. The summed E-state index contributed by atoms with van der Waals surface area (Å²) in [4.78, 5) is 0.554. The van der Waals surface area contributed by atoms with E-state index in [1.807, 2.05) is 0 Å². The lowest BCUT2D eigenvalue weighted by molar-refractivity contribution is -0.137. The second-order valence-electron chi connectivity index (χ2n) is 4.07. The van der Waals surface area contributed by atoms with Crippen LogP contribution >= 0.6 is 12.2 Å². The first-order chi connectivity index (χ1) is 8.47. The minimum absolute atomic E-state index is 0.195. The molecule has 1 saturated heterocycles. The first-order valence-electron chi connectivity index (χ1n) is 5.58. The molecule has 1 atom stereocenters. The molecule has 0 spiro atoms. The third-order valence-corrected chi connectivity index (χ3v) is 3.08. The summed E-state index contributed by atoms with van der Waals surface area (Å²) < 4.78 is 43.1. The van der Waals surface area contributed by atoms with Crippen molar-refractivity contribution in [3.05, 3.63) is 29.8 Å². The van der Waals surface area contributed by atoms with E-state index >= 15 is 0 Å². The van der Waals surface area contributed by atoms with Crippen LogP contribution < -0.4 is 10.1 Å². The highest BCUT2D eigenvalue weighted by molar-refractivity contribution is 7.80. The highest BCUT2D eigenvalue weighted by atomic mass is 32.1. The van der Waals surface area contributed by atoms with Crippen molar-refractivity contribution < 1.29 is 17.9 Å². The maximum atomic E-state index is 12.5. The Balaban J connectivity index is 2.12. The maximum absolute atomic E-state index is 12.5. The van der Waals surface area contributed by atoms with Crippen LogP contribution in [0.1, 0.15) is 18.4 Å². The molecule has 0 amide bonds. The standard InChI is InChI=1S/C12H12F3NOS/c13-12(14,15)8-3-1-4-9(7-8)17-10-5-2-6-16-11(10)18/h1,3-4,7,10H,2,5-6H2,(H,16,18). The molecule has 0 aromatic heterocycles. The molecule has 1 aromatic rings. The second-order valence-corrected chi connectivity index (χ2v) is 4.51. The van der Waals surface area contributed by atoms with Crippen LogP contribution in [0.4, 0.5) is 13.2 Å². The molecule has 0 radical (unpaired) electrons. The van der Waals surface area contributed by atoms with E-state index in [4.69, 9.17) is 17.0 Å². The monoisotopic (exact) mass is 275 g/mol. The molecule has 18 heavy (non-hydrogen) atoms. The van der Waals surface area contributed by atoms with Gasteiger partial charge in [0.1, 0.15) is 16.8 Å². The number of nitrogens with one attached hydrogen (secondary N) is 1. The van der Waals surface area contributed by atoms with Gasteiger partial charge in [0.25, 0.3) is 0 Å². The molecule has 2 rings (SSSR count). The minimum atomic E-state index is -4.36. The highest BCUT2D eigenvalue weighted by Gasteiger charge is 2.31. The Bertz CT molecular complexity index is 447. The van der Waals surface area contributed by atoms with E-state index < -0.39 is 11.7 Å². The van der Waals surface area contributed by atoms with Crippen LogP contribution in [0.5, 0.6) is 5.75 Å². The van der Waals surface area contributed by atoms with E-state index in [1.165, 1.54) is 12.1 Å². The van der Waals surface area contributed by atoms with Crippen molar-refractivity contribution >= 4 is 17.2 Å². The molecule has 1 heterocycles. The van der Waals surface area contributed by atoms with E-state index in [1.54, 1.807) is 0 Å². The summed E-state index contributed by atoms with van der Waals surface area (Å²) in [5, 5.41) is 2.98. The summed E-state index contributed by atoms with van der Waals surface area (Å²) in [5.74, 6) is 0.195. The molecule has 6 heteroatoms. The minimum Gasteiger partial charge on any atom is -0.483 e. The Morgan fingerprint density at radius 2 is 2.11 bits per heavy atom. The molecule has 0 aliphatic carbocycles. The number of halogens is 3. The van der Waals surface area contributed by atoms with Crippen LogP contribution in [0.2, 0.25) is 0 Å². The zero-order valence-electron chi connectivity index (χ0n) is 9.46. The smallest absolute Gasteiger partial charge is 0.416 e. The van der Waals surface area contributed by atoms with E-state index in [2.05, 4.69) is 5.32 Å². The number of hydrogen-bond donors (Lipinski definition) is 1. The van der Waals surface area contributed by atoms with Crippen molar-refractivity contribution in [1.82, 2.24) is 5.32 Å². The number of alkyl halides is 3. The molecule has 2 nitrogen and oxygen atoms in total. The number of thiocarbonyl (C=S) groups is 1. The Morgan fingerprint density at radius 1 is 1.33 bits per heavy atom. The second kappa shape index (κ2) is 5.14. The van der Waals surface area contributed by atoms with Gasteiger partial charge in [0.2, 0.25) is 0 Å². The molecule has 1 fully saturated rings. The molecule has 1 aliphatic heterocycles. The van der Waals surface area contributed by atoms with Gasteiger partial charge < -0.3 is 10.1 Å². The normalized spacial score (nSPS) is 20.4. The quantitative estimate of drug-likeness (QED) is 0.838. The predicted octanol–water partition coefficient (Wildman–Crippen LogP) is 3.16. The number of piperidine rings is 1. The van der Waals surface area contributed by atoms with Crippen LogP contribution in [0.15, 0.2) is 24.3 Å². The zero-order chi connectivity index (χ0) is 13.2. The van der Waals surface area contributed by atoms with Crippen molar-refractivity contribution in [2.45, 2.75) is 25.1 Å². The molecule has 0 saturated carbocycles. The number of ether oxygens (including phenoxy) is 1. The van der Waals surface area contributed by atoms with Gasteiger partial charge in [-0.2, -0.15) is 13.2 Å².